The fourth-order valence-corrected chi connectivity index (χ4v) is 2.02. The normalized spacial score (nSPS) is 18.6. The molecular weight excluding hydrogens is 188 g/mol. The Morgan fingerprint density at radius 2 is 2.27 bits per heavy atom. The van der Waals surface area contributed by atoms with Crippen LogP contribution >= 0.6 is 0 Å². The van der Waals surface area contributed by atoms with Gasteiger partial charge in [0.1, 0.15) is 12.1 Å². The first-order valence-corrected chi connectivity index (χ1v) is 5.40. The maximum atomic E-state index is 4.16. The van der Waals surface area contributed by atoms with E-state index in [1.807, 2.05) is 6.07 Å². The lowest BCUT2D eigenvalue weighted by molar-refractivity contribution is 0.0738. The van der Waals surface area contributed by atoms with Crippen LogP contribution in [0.15, 0.2) is 18.6 Å². The van der Waals surface area contributed by atoms with Gasteiger partial charge in [0, 0.05) is 18.3 Å². The summed E-state index contributed by atoms with van der Waals surface area (Å²) in [6, 6.07) is 1.90. The summed E-state index contributed by atoms with van der Waals surface area (Å²) < 4.78 is 0. The first-order valence-electron chi connectivity index (χ1n) is 5.40. The van der Waals surface area contributed by atoms with Gasteiger partial charge in [0.15, 0.2) is 0 Å². The van der Waals surface area contributed by atoms with Crippen LogP contribution in [0, 0.1) is 0 Å². The molecule has 0 amide bonds. The zero-order valence-corrected chi connectivity index (χ0v) is 9.40. The van der Waals surface area contributed by atoms with Crippen LogP contribution in [0.1, 0.15) is 19.3 Å². The average molecular weight is 206 g/mol. The van der Waals surface area contributed by atoms with Crippen LogP contribution in [-0.2, 0) is 0 Å². The van der Waals surface area contributed by atoms with Gasteiger partial charge >= 0.3 is 0 Å². The molecular formula is C11H18N4. The molecule has 0 atom stereocenters. The van der Waals surface area contributed by atoms with Crippen LogP contribution < -0.4 is 5.32 Å². The second kappa shape index (κ2) is 4.14. The number of likely N-dealkylation sites (N-methyl/N-ethyl adjacent to an activating group) is 1. The van der Waals surface area contributed by atoms with E-state index in [2.05, 4.69) is 34.3 Å². The molecule has 1 fully saturated rings. The number of hydrogen-bond donors (Lipinski definition) is 1. The van der Waals surface area contributed by atoms with Crippen molar-refractivity contribution < 1.29 is 0 Å². The van der Waals surface area contributed by atoms with E-state index in [4.69, 9.17) is 0 Å². The van der Waals surface area contributed by atoms with Crippen LogP contribution in [0.25, 0.3) is 0 Å². The van der Waals surface area contributed by atoms with E-state index >= 15 is 0 Å². The van der Waals surface area contributed by atoms with Crippen molar-refractivity contribution in [3.05, 3.63) is 18.6 Å². The summed E-state index contributed by atoms with van der Waals surface area (Å²) >= 11 is 0. The van der Waals surface area contributed by atoms with Crippen molar-refractivity contribution in [2.24, 2.45) is 0 Å². The number of rotatable bonds is 4. The number of nitrogens with zero attached hydrogens (tertiary/aromatic N) is 3. The summed E-state index contributed by atoms with van der Waals surface area (Å²) in [5.41, 5.74) is 0.338. The molecule has 0 unspecified atom stereocenters. The van der Waals surface area contributed by atoms with Crippen molar-refractivity contribution in [2.75, 3.05) is 26.0 Å². The molecule has 0 aliphatic heterocycles. The molecule has 1 N–H and O–H groups in total. The van der Waals surface area contributed by atoms with E-state index in [9.17, 15) is 0 Å². The Balaban J connectivity index is 1.92. The zero-order chi connectivity index (χ0) is 10.7. The van der Waals surface area contributed by atoms with Crippen molar-refractivity contribution in [2.45, 2.75) is 24.8 Å². The smallest absolute Gasteiger partial charge is 0.129 e. The molecule has 0 spiro atoms. The Morgan fingerprint density at radius 1 is 1.47 bits per heavy atom. The number of nitrogens with one attached hydrogen (secondary N) is 1. The van der Waals surface area contributed by atoms with Gasteiger partial charge in [-0.1, -0.05) is 0 Å². The minimum Gasteiger partial charge on any atom is -0.368 e. The number of hydrogen-bond acceptors (Lipinski definition) is 4. The lowest BCUT2D eigenvalue weighted by atomic mass is 9.75. The summed E-state index contributed by atoms with van der Waals surface area (Å²) in [4.78, 5) is 10.4. The molecule has 1 heterocycles. The van der Waals surface area contributed by atoms with Gasteiger partial charge in [0.2, 0.25) is 0 Å². The van der Waals surface area contributed by atoms with E-state index in [1.54, 1.807) is 12.5 Å². The highest BCUT2D eigenvalue weighted by atomic mass is 15.2. The van der Waals surface area contributed by atoms with E-state index in [0.717, 1.165) is 12.4 Å². The molecule has 1 aromatic rings. The summed E-state index contributed by atoms with van der Waals surface area (Å²) in [5.74, 6) is 0.915. The fraction of sp³-hybridized carbons (Fsp3) is 0.636. The monoisotopic (exact) mass is 206 g/mol. The largest absolute Gasteiger partial charge is 0.368 e. The van der Waals surface area contributed by atoms with E-state index < -0.39 is 0 Å². The number of aromatic nitrogens is 2. The summed E-state index contributed by atoms with van der Waals surface area (Å²) in [6.45, 7) is 0.969. The molecule has 0 radical (unpaired) electrons. The molecule has 2 rings (SSSR count). The van der Waals surface area contributed by atoms with Crippen molar-refractivity contribution >= 4 is 5.82 Å². The van der Waals surface area contributed by atoms with E-state index in [0.29, 0.717) is 5.54 Å². The molecule has 0 saturated heterocycles. The Labute approximate surface area is 90.7 Å². The maximum Gasteiger partial charge on any atom is 0.129 e. The molecule has 1 aliphatic carbocycles. The Bertz CT molecular complexity index is 306. The zero-order valence-electron chi connectivity index (χ0n) is 9.40. The highest BCUT2D eigenvalue weighted by Crippen LogP contribution is 2.35. The van der Waals surface area contributed by atoms with Crippen molar-refractivity contribution in [1.29, 1.82) is 0 Å². The summed E-state index contributed by atoms with van der Waals surface area (Å²) in [6.07, 6.45) is 7.23. The van der Waals surface area contributed by atoms with Gasteiger partial charge in [-0.05, 0) is 39.4 Å². The molecule has 1 aliphatic rings. The summed E-state index contributed by atoms with van der Waals surface area (Å²) in [5, 5.41) is 3.38. The minimum atomic E-state index is 0.338. The predicted molar refractivity (Wildman–Crippen MR) is 60.8 cm³/mol. The average Bonchev–Trinajstić information content (AvgIpc) is 2.17. The molecule has 15 heavy (non-hydrogen) atoms. The third-order valence-electron chi connectivity index (χ3n) is 3.41. The Hall–Kier alpha value is -1.16. The van der Waals surface area contributed by atoms with Gasteiger partial charge in [-0.25, -0.2) is 9.97 Å². The van der Waals surface area contributed by atoms with Gasteiger partial charge in [-0.2, -0.15) is 0 Å². The highest BCUT2D eigenvalue weighted by molar-refractivity contribution is 5.32. The van der Waals surface area contributed by atoms with Gasteiger partial charge in [0.25, 0.3) is 0 Å². The highest BCUT2D eigenvalue weighted by Gasteiger charge is 2.38. The van der Waals surface area contributed by atoms with Crippen LogP contribution in [-0.4, -0.2) is 41.0 Å². The lowest BCUT2D eigenvalue weighted by Crippen LogP contribution is -2.54. The standard InChI is InChI=1S/C11H18N4/c1-15(2)11(5-3-6-11)8-13-10-4-7-12-9-14-10/h4,7,9H,3,5-6,8H2,1-2H3,(H,12,13,14). The van der Waals surface area contributed by atoms with Crippen molar-refractivity contribution in [1.82, 2.24) is 14.9 Å². The molecule has 0 aromatic carbocycles. The van der Waals surface area contributed by atoms with Crippen LogP contribution in [0.2, 0.25) is 0 Å². The second-order valence-corrected chi connectivity index (χ2v) is 4.42. The molecule has 82 valence electrons. The molecule has 4 heteroatoms. The van der Waals surface area contributed by atoms with E-state index in [1.165, 1.54) is 19.3 Å². The topological polar surface area (TPSA) is 41.0 Å². The molecule has 1 aromatic heterocycles. The van der Waals surface area contributed by atoms with Crippen molar-refractivity contribution in [3.8, 4) is 0 Å². The van der Waals surface area contributed by atoms with Gasteiger partial charge in [0.05, 0.1) is 0 Å². The molecule has 1 saturated carbocycles. The van der Waals surface area contributed by atoms with Crippen LogP contribution in [0.5, 0.6) is 0 Å². The van der Waals surface area contributed by atoms with Crippen molar-refractivity contribution in [3.63, 3.8) is 0 Å². The Morgan fingerprint density at radius 3 is 2.73 bits per heavy atom. The van der Waals surface area contributed by atoms with Gasteiger partial charge in [-0.3, -0.25) is 0 Å². The lowest BCUT2D eigenvalue weighted by Gasteiger charge is -2.47. The quantitative estimate of drug-likeness (QED) is 0.808. The van der Waals surface area contributed by atoms with E-state index in [-0.39, 0.29) is 0 Å². The fourth-order valence-electron chi connectivity index (χ4n) is 2.02. The minimum absolute atomic E-state index is 0.338. The Kier molecular flexibility index (Phi) is 2.86. The first-order chi connectivity index (χ1) is 7.23. The van der Waals surface area contributed by atoms with Gasteiger partial charge in [-0.15, -0.1) is 0 Å². The number of anilines is 1. The SMILES string of the molecule is CN(C)C1(CNc2ccncn2)CCC1. The third-order valence-corrected chi connectivity index (χ3v) is 3.41. The molecule has 0 bridgehead atoms. The molecule has 4 nitrogen and oxygen atoms in total. The second-order valence-electron chi connectivity index (χ2n) is 4.42. The first kappa shape index (κ1) is 10.4. The van der Waals surface area contributed by atoms with Crippen LogP contribution in [0.3, 0.4) is 0 Å². The van der Waals surface area contributed by atoms with Crippen LogP contribution in [0.4, 0.5) is 5.82 Å². The maximum absolute atomic E-state index is 4.16. The third kappa shape index (κ3) is 2.09. The van der Waals surface area contributed by atoms with Gasteiger partial charge < -0.3 is 10.2 Å². The predicted octanol–water partition coefficient (Wildman–Crippen LogP) is 1.37. The summed E-state index contributed by atoms with van der Waals surface area (Å²) in [7, 11) is 4.31.